The van der Waals surface area contributed by atoms with E-state index in [4.69, 9.17) is 5.73 Å². The van der Waals surface area contributed by atoms with Crippen LogP contribution in [-0.4, -0.2) is 18.6 Å². The lowest BCUT2D eigenvalue weighted by atomic mass is 9.96. The molecule has 1 aliphatic rings. The highest BCUT2D eigenvalue weighted by atomic mass is 15.0. The molecule has 1 fully saturated rings. The van der Waals surface area contributed by atoms with Crippen LogP contribution >= 0.6 is 0 Å². The Labute approximate surface area is 69.5 Å². The second-order valence-corrected chi connectivity index (χ2v) is 4.20. The summed E-state index contributed by atoms with van der Waals surface area (Å²) in [6.07, 6.45) is 3.60. The second-order valence-electron chi connectivity index (χ2n) is 4.20. The van der Waals surface area contributed by atoms with E-state index in [0.717, 1.165) is 5.92 Å². The summed E-state index contributed by atoms with van der Waals surface area (Å²) in [4.78, 5) is 0. The van der Waals surface area contributed by atoms with E-state index in [1.807, 2.05) is 7.05 Å². The Hall–Kier alpha value is -0.0800. The SMILES string of the molecule is CNC(CC(C)C)C1(N)CC1. The fraction of sp³-hybridized carbons (Fsp3) is 1.00. The van der Waals surface area contributed by atoms with Crippen LogP contribution in [0.2, 0.25) is 0 Å². The van der Waals surface area contributed by atoms with E-state index in [1.54, 1.807) is 0 Å². The molecule has 0 aromatic carbocycles. The lowest BCUT2D eigenvalue weighted by Gasteiger charge is -2.24. The zero-order chi connectivity index (χ0) is 8.48. The van der Waals surface area contributed by atoms with Gasteiger partial charge in [-0.25, -0.2) is 0 Å². The molecule has 1 saturated carbocycles. The van der Waals surface area contributed by atoms with Gasteiger partial charge in [-0.2, -0.15) is 0 Å². The van der Waals surface area contributed by atoms with E-state index >= 15 is 0 Å². The zero-order valence-electron chi connectivity index (χ0n) is 7.85. The molecule has 2 heteroatoms. The van der Waals surface area contributed by atoms with Crippen molar-refractivity contribution in [2.45, 2.75) is 44.7 Å². The number of rotatable bonds is 4. The molecule has 0 radical (unpaired) electrons. The van der Waals surface area contributed by atoms with Crippen LogP contribution in [-0.2, 0) is 0 Å². The third-order valence-electron chi connectivity index (χ3n) is 2.58. The van der Waals surface area contributed by atoms with Crippen LogP contribution in [0.5, 0.6) is 0 Å². The van der Waals surface area contributed by atoms with Gasteiger partial charge in [0.2, 0.25) is 0 Å². The van der Waals surface area contributed by atoms with Crippen molar-refractivity contribution in [3.63, 3.8) is 0 Å². The van der Waals surface area contributed by atoms with Gasteiger partial charge in [0.1, 0.15) is 0 Å². The molecule has 1 rings (SSSR count). The van der Waals surface area contributed by atoms with Gasteiger partial charge in [0.25, 0.3) is 0 Å². The molecule has 3 N–H and O–H groups in total. The summed E-state index contributed by atoms with van der Waals surface area (Å²) >= 11 is 0. The molecule has 11 heavy (non-hydrogen) atoms. The summed E-state index contributed by atoms with van der Waals surface area (Å²) in [7, 11) is 2.01. The van der Waals surface area contributed by atoms with Crippen molar-refractivity contribution >= 4 is 0 Å². The zero-order valence-corrected chi connectivity index (χ0v) is 7.85. The van der Waals surface area contributed by atoms with E-state index in [1.165, 1.54) is 19.3 Å². The largest absolute Gasteiger partial charge is 0.324 e. The summed E-state index contributed by atoms with van der Waals surface area (Å²) in [6.45, 7) is 4.49. The molecular weight excluding hydrogens is 136 g/mol. The molecule has 0 heterocycles. The molecule has 66 valence electrons. The Morgan fingerprint density at radius 3 is 2.27 bits per heavy atom. The number of likely N-dealkylation sites (N-methyl/N-ethyl adjacent to an activating group) is 1. The Kier molecular flexibility index (Phi) is 2.55. The molecule has 1 aliphatic carbocycles. The van der Waals surface area contributed by atoms with Gasteiger partial charge in [-0.1, -0.05) is 13.8 Å². The maximum Gasteiger partial charge on any atom is 0.0311 e. The van der Waals surface area contributed by atoms with Gasteiger partial charge in [0.05, 0.1) is 0 Å². The van der Waals surface area contributed by atoms with Gasteiger partial charge < -0.3 is 11.1 Å². The van der Waals surface area contributed by atoms with Crippen LogP contribution in [0.1, 0.15) is 33.1 Å². The third-order valence-corrected chi connectivity index (χ3v) is 2.58. The van der Waals surface area contributed by atoms with Crippen molar-refractivity contribution in [1.29, 1.82) is 0 Å². The average molecular weight is 156 g/mol. The van der Waals surface area contributed by atoms with Crippen LogP contribution < -0.4 is 11.1 Å². The maximum atomic E-state index is 6.09. The Bertz CT molecular complexity index is 128. The van der Waals surface area contributed by atoms with Gasteiger partial charge in [-0.3, -0.25) is 0 Å². The van der Waals surface area contributed by atoms with Crippen LogP contribution in [0.15, 0.2) is 0 Å². The van der Waals surface area contributed by atoms with E-state index < -0.39 is 0 Å². The van der Waals surface area contributed by atoms with Crippen molar-refractivity contribution in [2.75, 3.05) is 7.05 Å². The number of nitrogens with one attached hydrogen (secondary N) is 1. The first-order chi connectivity index (χ1) is 5.08. The first-order valence-electron chi connectivity index (χ1n) is 4.54. The highest BCUT2D eigenvalue weighted by Gasteiger charge is 2.44. The van der Waals surface area contributed by atoms with E-state index in [2.05, 4.69) is 19.2 Å². The minimum atomic E-state index is 0.138. The van der Waals surface area contributed by atoms with Gasteiger partial charge in [0, 0.05) is 11.6 Å². The summed E-state index contributed by atoms with van der Waals surface area (Å²) < 4.78 is 0. The summed E-state index contributed by atoms with van der Waals surface area (Å²) in [5, 5.41) is 3.31. The number of nitrogens with two attached hydrogens (primary N) is 1. The van der Waals surface area contributed by atoms with Crippen molar-refractivity contribution < 1.29 is 0 Å². The fourth-order valence-electron chi connectivity index (χ4n) is 1.60. The minimum Gasteiger partial charge on any atom is -0.324 e. The lowest BCUT2D eigenvalue weighted by molar-refractivity contribution is 0.370. The Morgan fingerprint density at radius 1 is 1.45 bits per heavy atom. The normalized spacial score (nSPS) is 23.7. The van der Waals surface area contributed by atoms with Gasteiger partial charge in [0.15, 0.2) is 0 Å². The van der Waals surface area contributed by atoms with Gasteiger partial charge in [-0.15, -0.1) is 0 Å². The molecule has 1 atom stereocenters. The lowest BCUT2D eigenvalue weighted by Crippen LogP contribution is -2.46. The molecule has 0 aromatic heterocycles. The highest BCUT2D eigenvalue weighted by Crippen LogP contribution is 2.37. The third kappa shape index (κ3) is 2.17. The first-order valence-corrected chi connectivity index (χ1v) is 4.54. The van der Waals surface area contributed by atoms with Crippen molar-refractivity contribution in [2.24, 2.45) is 11.7 Å². The Morgan fingerprint density at radius 2 is 2.00 bits per heavy atom. The van der Waals surface area contributed by atoms with E-state index in [-0.39, 0.29) is 5.54 Å². The summed E-state index contributed by atoms with van der Waals surface area (Å²) in [5.41, 5.74) is 6.23. The van der Waals surface area contributed by atoms with Gasteiger partial charge >= 0.3 is 0 Å². The molecule has 0 amide bonds. The topological polar surface area (TPSA) is 38.0 Å². The molecule has 0 saturated heterocycles. The monoisotopic (exact) mass is 156 g/mol. The highest BCUT2D eigenvalue weighted by molar-refractivity contribution is 5.07. The first kappa shape index (κ1) is 9.01. The predicted octanol–water partition coefficient (Wildman–Crippen LogP) is 1.11. The number of hydrogen-bond donors (Lipinski definition) is 2. The predicted molar refractivity (Wildman–Crippen MR) is 48.5 cm³/mol. The van der Waals surface area contributed by atoms with Crippen LogP contribution in [0.4, 0.5) is 0 Å². The van der Waals surface area contributed by atoms with E-state index in [9.17, 15) is 0 Å². The van der Waals surface area contributed by atoms with Crippen LogP contribution in [0.25, 0.3) is 0 Å². The summed E-state index contributed by atoms with van der Waals surface area (Å²) in [5.74, 6) is 0.744. The molecule has 0 aromatic rings. The quantitative estimate of drug-likeness (QED) is 0.640. The van der Waals surface area contributed by atoms with E-state index in [0.29, 0.717) is 6.04 Å². The molecule has 0 bridgehead atoms. The molecule has 0 spiro atoms. The summed E-state index contributed by atoms with van der Waals surface area (Å²) in [6, 6.07) is 0.530. The van der Waals surface area contributed by atoms with Crippen molar-refractivity contribution in [1.82, 2.24) is 5.32 Å². The van der Waals surface area contributed by atoms with Crippen LogP contribution in [0, 0.1) is 5.92 Å². The molecular formula is C9H20N2. The smallest absolute Gasteiger partial charge is 0.0311 e. The molecule has 0 aliphatic heterocycles. The Balaban J connectivity index is 2.37. The van der Waals surface area contributed by atoms with Crippen molar-refractivity contribution in [3.8, 4) is 0 Å². The maximum absolute atomic E-state index is 6.09. The fourth-order valence-corrected chi connectivity index (χ4v) is 1.60. The minimum absolute atomic E-state index is 0.138. The van der Waals surface area contributed by atoms with Gasteiger partial charge in [-0.05, 0) is 32.2 Å². The van der Waals surface area contributed by atoms with Crippen LogP contribution in [0.3, 0.4) is 0 Å². The molecule has 1 unspecified atom stereocenters. The standard InChI is InChI=1S/C9H20N2/c1-7(2)6-8(11-3)9(10)4-5-9/h7-8,11H,4-6,10H2,1-3H3. The number of hydrogen-bond acceptors (Lipinski definition) is 2. The molecule has 2 nitrogen and oxygen atoms in total. The average Bonchev–Trinajstić information content (AvgIpc) is 2.63. The second kappa shape index (κ2) is 3.11. The van der Waals surface area contributed by atoms with Crippen molar-refractivity contribution in [3.05, 3.63) is 0 Å².